The van der Waals surface area contributed by atoms with Crippen LogP contribution in [0.3, 0.4) is 0 Å². The predicted molar refractivity (Wildman–Crippen MR) is 106 cm³/mol. The average molecular weight is 452 g/mol. The monoisotopic (exact) mass is 451 g/mol. The van der Waals surface area contributed by atoms with Gasteiger partial charge in [-0.3, -0.25) is 4.57 Å². The lowest BCUT2D eigenvalue weighted by Gasteiger charge is -2.22. The third-order valence-electron chi connectivity index (χ3n) is 4.87. The summed E-state index contributed by atoms with van der Waals surface area (Å²) in [5, 5.41) is 0.492. The molecule has 2 aromatic carbocycles. The van der Waals surface area contributed by atoms with E-state index in [1.54, 1.807) is 30.3 Å². The second kappa shape index (κ2) is 6.92. The minimum atomic E-state index is -4.55. The third-order valence-corrected chi connectivity index (χ3v) is 5.53. The largest absolute Gasteiger partial charge is 0.417 e. The summed E-state index contributed by atoms with van der Waals surface area (Å²) in [7, 11) is 1.82. The summed E-state index contributed by atoms with van der Waals surface area (Å²) in [4.78, 5) is 18.9. The number of anilines is 1. The number of hydrogen-bond donors (Lipinski definition) is 0. The number of para-hydroxylation sites is 1. The van der Waals surface area contributed by atoms with Crippen LogP contribution in [0.5, 0.6) is 0 Å². The Bertz CT molecular complexity index is 1090. The molecule has 146 valence electrons. The molecule has 0 N–H and O–H groups in total. The third kappa shape index (κ3) is 3.53. The van der Waals surface area contributed by atoms with Crippen LogP contribution >= 0.6 is 15.9 Å². The molecule has 0 aliphatic heterocycles. The van der Waals surface area contributed by atoms with Crippen molar-refractivity contribution >= 4 is 32.7 Å². The van der Waals surface area contributed by atoms with Crippen LogP contribution in [0.2, 0.25) is 0 Å². The molecule has 1 aromatic heterocycles. The maximum absolute atomic E-state index is 13.5. The van der Waals surface area contributed by atoms with Gasteiger partial charge < -0.3 is 4.90 Å². The molecule has 0 atom stereocenters. The first-order valence-corrected chi connectivity index (χ1v) is 9.65. The van der Waals surface area contributed by atoms with Crippen molar-refractivity contribution in [3.63, 3.8) is 0 Å². The maximum Gasteiger partial charge on any atom is 0.417 e. The van der Waals surface area contributed by atoms with E-state index in [0.29, 0.717) is 22.8 Å². The number of halogens is 4. The molecular formula is C20H17BrF3N3O. The summed E-state index contributed by atoms with van der Waals surface area (Å²) in [5.74, 6) is 0.935. The first-order chi connectivity index (χ1) is 13.3. The Morgan fingerprint density at radius 1 is 1.21 bits per heavy atom. The highest BCUT2D eigenvalue weighted by molar-refractivity contribution is 9.10. The van der Waals surface area contributed by atoms with Crippen molar-refractivity contribution in [2.24, 2.45) is 5.92 Å². The molecule has 0 unspecified atom stereocenters. The van der Waals surface area contributed by atoms with Gasteiger partial charge in [0.1, 0.15) is 5.82 Å². The van der Waals surface area contributed by atoms with Gasteiger partial charge in [-0.15, -0.1) is 0 Å². The molecule has 1 aliphatic carbocycles. The highest BCUT2D eigenvalue weighted by Gasteiger charge is 2.34. The molecule has 0 spiro atoms. The van der Waals surface area contributed by atoms with Gasteiger partial charge >= 0.3 is 11.9 Å². The van der Waals surface area contributed by atoms with Gasteiger partial charge in [0.05, 0.1) is 16.8 Å². The lowest BCUT2D eigenvalue weighted by Crippen LogP contribution is -2.29. The molecule has 0 radical (unpaired) electrons. The Morgan fingerprint density at radius 2 is 1.89 bits per heavy atom. The number of hydrogen-bond acceptors (Lipinski definition) is 3. The van der Waals surface area contributed by atoms with Crippen molar-refractivity contribution in [1.29, 1.82) is 0 Å². The topological polar surface area (TPSA) is 38.1 Å². The van der Waals surface area contributed by atoms with Crippen LogP contribution in [0, 0.1) is 5.92 Å². The quantitative estimate of drug-likeness (QED) is 0.559. The lowest BCUT2D eigenvalue weighted by atomic mass is 10.1. The van der Waals surface area contributed by atoms with Gasteiger partial charge in [0, 0.05) is 23.5 Å². The SMILES string of the molecule is CN(CC1CC1)c1nc(=O)n(-c2ccccc2)c2cc(C(F)(F)F)c(Br)cc12. The number of alkyl halides is 3. The highest BCUT2D eigenvalue weighted by Crippen LogP contribution is 2.39. The van der Waals surface area contributed by atoms with E-state index in [9.17, 15) is 18.0 Å². The molecule has 0 saturated heterocycles. The number of rotatable bonds is 4. The molecule has 1 heterocycles. The summed E-state index contributed by atoms with van der Waals surface area (Å²) < 4.78 is 41.7. The Morgan fingerprint density at radius 3 is 2.50 bits per heavy atom. The predicted octanol–water partition coefficient (Wildman–Crippen LogP) is 5.01. The summed E-state index contributed by atoms with van der Waals surface area (Å²) in [6.07, 6.45) is -2.32. The van der Waals surface area contributed by atoms with E-state index in [4.69, 9.17) is 0 Å². The first kappa shape index (κ1) is 19.0. The van der Waals surface area contributed by atoms with E-state index in [0.717, 1.165) is 25.5 Å². The van der Waals surface area contributed by atoms with Crippen molar-refractivity contribution in [2.45, 2.75) is 19.0 Å². The summed E-state index contributed by atoms with van der Waals surface area (Å²) in [6.45, 7) is 0.718. The van der Waals surface area contributed by atoms with E-state index in [2.05, 4.69) is 20.9 Å². The van der Waals surface area contributed by atoms with Gasteiger partial charge in [-0.25, -0.2) is 4.79 Å². The number of aromatic nitrogens is 2. The number of benzene rings is 2. The van der Waals surface area contributed by atoms with Crippen molar-refractivity contribution < 1.29 is 13.2 Å². The van der Waals surface area contributed by atoms with Crippen molar-refractivity contribution in [1.82, 2.24) is 9.55 Å². The fourth-order valence-electron chi connectivity index (χ4n) is 3.34. The second-order valence-corrected chi connectivity index (χ2v) is 7.91. The van der Waals surface area contributed by atoms with Gasteiger partial charge in [0.2, 0.25) is 0 Å². The molecule has 0 amide bonds. The van der Waals surface area contributed by atoms with Crippen molar-refractivity contribution in [3.05, 3.63) is 63.0 Å². The zero-order valence-electron chi connectivity index (χ0n) is 15.0. The number of fused-ring (bicyclic) bond motifs is 1. The van der Waals surface area contributed by atoms with Gasteiger partial charge in [-0.2, -0.15) is 18.2 Å². The molecular weight excluding hydrogens is 435 g/mol. The Labute approximate surface area is 167 Å². The van der Waals surface area contributed by atoms with Gasteiger partial charge in [-0.05, 0) is 43.0 Å². The zero-order chi connectivity index (χ0) is 20.1. The minimum Gasteiger partial charge on any atom is -0.359 e. The molecule has 4 rings (SSSR count). The van der Waals surface area contributed by atoms with Crippen LogP contribution in [-0.4, -0.2) is 23.1 Å². The van der Waals surface area contributed by atoms with Crippen LogP contribution < -0.4 is 10.6 Å². The van der Waals surface area contributed by atoms with E-state index in [-0.39, 0.29) is 9.99 Å². The van der Waals surface area contributed by atoms with Crippen LogP contribution in [0.15, 0.2) is 51.7 Å². The van der Waals surface area contributed by atoms with Gasteiger partial charge in [-0.1, -0.05) is 34.1 Å². The van der Waals surface area contributed by atoms with Crippen LogP contribution in [0.4, 0.5) is 19.0 Å². The molecule has 1 aliphatic rings. The highest BCUT2D eigenvalue weighted by atomic mass is 79.9. The molecule has 8 heteroatoms. The number of nitrogens with zero attached hydrogens (tertiary/aromatic N) is 3. The molecule has 28 heavy (non-hydrogen) atoms. The first-order valence-electron chi connectivity index (χ1n) is 8.86. The van der Waals surface area contributed by atoms with E-state index < -0.39 is 17.4 Å². The Balaban J connectivity index is 2.03. The van der Waals surface area contributed by atoms with Crippen LogP contribution in [-0.2, 0) is 6.18 Å². The lowest BCUT2D eigenvalue weighted by molar-refractivity contribution is -0.138. The second-order valence-electron chi connectivity index (χ2n) is 7.06. The molecule has 4 nitrogen and oxygen atoms in total. The molecule has 1 fully saturated rings. The van der Waals surface area contributed by atoms with Crippen LogP contribution in [0.25, 0.3) is 16.6 Å². The fourth-order valence-corrected chi connectivity index (χ4v) is 3.91. The zero-order valence-corrected chi connectivity index (χ0v) is 16.6. The Kier molecular flexibility index (Phi) is 4.69. The summed E-state index contributed by atoms with van der Waals surface area (Å²) in [5.41, 5.74) is -0.783. The van der Waals surface area contributed by atoms with Crippen molar-refractivity contribution in [3.8, 4) is 5.69 Å². The van der Waals surface area contributed by atoms with Crippen molar-refractivity contribution in [2.75, 3.05) is 18.5 Å². The van der Waals surface area contributed by atoms with Gasteiger partial charge in [0.15, 0.2) is 0 Å². The average Bonchev–Trinajstić information content (AvgIpc) is 3.44. The molecule has 3 aromatic rings. The molecule has 1 saturated carbocycles. The Hall–Kier alpha value is -2.35. The van der Waals surface area contributed by atoms with E-state index in [1.165, 1.54) is 10.6 Å². The van der Waals surface area contributed by atoms with E-state index >= 15 is 0 Å². The smallest absolute Gasteiger partial charge is 0.359 e. The summed E-state index contributed by atoms with van der Waals surface area (Å²) >= 11 is 3.05. The van der Waals surface area contributed by atoms with Crippen LogP contribution in [0.1, 0.15) is 18.4 Å². The standard InChI is InChI=1S/C20H17BrF3N3O/c1-26(11-12-7-8-12)18-14-9-16(21)15(20(22,23)24)10-17(14)27(19(28)25-18)13-5-3-2-4-6-13/h2-6,9-10,12H,7-8,11H2,1H3. The maximum atomic E-state index is 13.5. The van der Waals surface area contributed by atoms with E-state index in [1.807, 2.05) is 11.9 Å². The molecule has 0 bridgehead atoms. The minimum absolute atomic E-state index is 0.0753. The summed E-state index contributed by atoms with van der Waals surface area (Å²) in [6, 6.07) is 11.0. The fraction of sp³-hybridized carbons (Fsp3) is 0.300. The van der Waals surface area contributed by atoms with Gasteiger partial charge in [0.25, 0.3) is 0 Å². The normalized spacial score (nSPS) is 14.5.